The van der Waals surface area contributed by atoms with Gasteiger partial charge in [0.1, 0.15) is 11.4 Å². The molecule has 0 radical (unpaired) electrons. The van der Waals surface area contributed by atoms with Crippen molar-refractivity contribution in [1.29, 1.82) is 0 Å². The third-order valence-electron chi connectivity index (χ3n) is 6.13. The molecule has 2 aromatic carbocycles. The molecule has 1 saturated heterocycles. The first-order chi connectivity index (χ1) is 16.5. The third kappa shape index (κ3) is 7.48. The van der Waals surface area contributed by atoms with Crippen LogP contribution in [0, 0.1) is 5.92 Å². The van der Waals surface area contributed by atoms with Crippen molar-refractivity contribution >= 4 is 12.0 Å². The van der Waals surface area contributed by atoms with Gasteiger partial charge in [0.05, 0.1) is 24.6 Å². The molecule has 0 saturated carbocycles. The van der Waals surface area contributed by atoms with Crippen molar-refractivity contribution in [3.63, 3.8) is 0 Å². The van der Waals surface area contributed by atoms with Crippen LogP contribution in [0.15, 0.2) is 54.6 Å². The summed E-state index contributed by atoms with van der Waals surface area (Å²) in [6, 6.07) is 17.0. The summed E-state index contributed by atoms with van der Waals surface area (Å²) in [7, 11) is 0. The Morgan fingerprint density at radius 1 is 1.00 bits per heavy atom. The van der Waals surface area contributed by atoms with Gasteiger partial charge in [-0.25, -0.2) is 4.79 Å². The number of carbonyl (C=O) groups excluding carboxylic acids is 2. The molecule has 3 unspecified atom stereocenters. The van der Waals surface area contributed by atoms with Gasteiger partial charge < -0.3 is 19.7 Å². The second-order valence-corrected chi connectivity index (χ2v) is 10.8. The van der Waals surface area contributed by atoms with Crippen LogP contribution in [0.4, 0.5) is 4.79 Å². The van der Waals surface area contributed by atoms with Crippen molar-refractivity contribution in [1.82, 2.24) is 10.2 Å². The maximum absolute atomic E-state index is 13.4. The van der Waals surface area contributed by atoms with E-state index < -0.39 is 5.60 Å². The molecule has 2 aromatic rings. The van der Waals surface area contributed by atoms with E-state index in [4.69, 9.17) is 9.47 Å². The number of ether oxygens (including phenoxy) is 2. The van der Waals surface area contributed by atoms with Crippen LogP contribution >= 0.6 is 0 Å². The molecule has 1 aliphatic rings. The van der Waals surface area contributed by atoms with Gasteiger partial charge in [0.15, 0.2) is 0 Å². The van der Waals surface area contributed by atoms with Crippen LogP contribution in [0.1, 0.15) is 77.5 Å². The van der Waals surface area contributed by atoms with Gasteiger partial charge in [-0.2, -0.15) is 0 Å². The normalized spacial score (nSPS) is 17.7. The molecule has 1 aliphatic heterocycles. The van der Waals surface area contributed by atoms with Gasteiger partial charge in [-0.3, -0.25) is 4.79 Å². The average molecular weight is 481 g/mol. The Kier molecular flexibility index (Phi) is 8.82. The number of hydrogen-bond acceptors (Lipinski definition) is 4. The fraction of sp³-hybridized carbons (Fsp3) is 0.517. The minimum atomic E-state index is -0.583. The summed E-state index contributed by atoms with van der Waals surface area (Å²) in [6.07, 6.45) is 1.31. The van der Waals surface area contributed by atoms with Gasteiger partial charge in [-0.15, -0.1) is 0 Å². The predicted octanol–water partition coefficient (Wildman–Crippen LogP) is 6.08. The number of nitrogens with zero attached hydrogens (tertiary/aromatic N) is 1. The van der Waals surface area contributed by atoms with Crippen LogP contribution in [0.25, 0.3) is 0 Å². The van der Waals surface area contributed by atoms with Crippen molar-refractivity contribution in [3.8, 4) is 5.75 Å². The molecule has 0 bridgehead atoms. The lowest BCUT2D eigenvalue weighted by Gasteiger charge is -2.34. The molecule has 1 N–H and O–H groups in total. The highest BCUT2D eigenvalue weighted by Crippen LogP contribution is 2.32. The van der Waals surface area contributed by atoms with Crippen LogP contribution in [-0.4, -0.2) is 41.7 Å². The van der Waals surface area contributed by atoms with Gasteiger partial charge >= 0.3 is 6.09 Å². The molecular weight excluding hydrogens is 440 g/mol. The van der Waals surface area contributed by atoms with Crippen molar-refractivity contribution in [2.24, 2.45) is 5.92 Å². The maximum atomic E-state index is 13.4. The van der Waals surface area contributed by atoms with Crippen LogP contribution < -0.4 is 10.1 Å². The SMILES string of the molecule is CC(C)COc1ccc(C(NC(=O)C(C)c2ccccc2)C2CCCN2C(=O)OC(C)(C)C)cc1. The summed E-state index contributed by atoms with van der Waals surface area (Å²) < 4.78 is 11.5. The first kappa shape index (κ1) is 26.6. The Morgan fingerprint density at radius 3 is 2.26 bits per heavy atom. The van der Waals surface area contributed by atoms with Gasteiger partial charge in [0, 0.05) is 6.54 Å². The van der Waals surface area contributed by atoms with E-state index in [1.807, 2.05) is 82.3 Å². The van der Waals surface area contributed by atoms with Gasteiger partial charge in [0.2, 0.25) is 5.91 Å². The fourth-order valence-corrected chi connectivity index (χ4v) is 4.29. The molecule has 0 aromatic heterocycles. The van der Waals surface area contributed by atoms with Gasteiger partial charge in [-0.1, -0.05) is 56.3 Å². The lowest BCUT2D eigenvalue weighted by Crippen LogP contribution is -2.47. The number of amides is 2. The zero-order valence-electron chi connectivity index (χ0n) is 21.9. The van der Waals surface area contributed by atoms with Crippen molar-refractivity contribution in [2.75, 3.05) is 13.2 Å². The standard InChI is InChI=1S/C29H40N2O4/c1-20(2)19-34-24-16-14-23(15-17-24)26(30-27(32)21(3)22-11-8-7-9-12-22)25-13-10-18-31(25)28(33)35-29(4,5)6/h7-9,11-12,14-17,20-21,25-26H,10,13,18-19H2,1-6H3,(H,30,32). The number of nitrogens with one attached hydrogen (secondary N) is 1. The van der Waals surface area contributed by atoms with Crippen LogP contribution in [0.2, 0.25) is 0 Å². The van der Waals surface area contributed by atoms with E-state index in [1.165, 1.54) is 0 Å². The van der Waals surface area contributed by atoms with Crippen molar-refractivity contribution in [3.05, 3.63) is 65.7 Å². The molecule has 0 aliphatic carbocycles. The summed E-state index contributed by atoms with van der Waals surface area (Å²) in [5, 5.41) is 3.26. The monoisotopic (exact) mass is 480 g/mol. The molecule has 1 heterocycles. The molecule has 3 rings (SSSR count). The highest BCUT2D eigenvalue weighted by Gasteiger charge is 2.39. The van der Waals surface area contributed by atoms with Gasteiger partial charge in [-0.05, 0) is 69.7 Å². The highest BCUT2D eigenvalue weighted by molar-refractivity contribution is 5.83. The molecule has 3 atom stereocenters. The molecule has 6 heteroatoms. The van der Waals surface area contributed by atoms with E-state index in [1.54, 1.807) is 4.90 Å². The summed E-state index contributed by atoms with van der Waals surface area (Å²) >= 11 is 0. The molecule has 1 fully saturated rings. The largest absolute Gasteiger partial charge is 0.493 e. The first-order valence-electron chi connectivity index (χ1n) is 12.6. The number of likely N-dealkylation sites (tertiary alicyclic amines) is 1. The van der Waals surface area contributed by atoms with Crippen LogP contribution in [0.5, 0.6) is 5.75 Å². The number of rotatable bonds is 8. The number of carbonyl (C=O) groups is 2. The minimum absolute atomic E-state index is 0.0719. The van der Waals surface area contributed by atoms with E-state index in [0.717, 1.165) is 29.7 Å². The summed E-state index contributed by atoms with van der Waals surface area (Å²) in [5.74, 6) is 0.837. The smallest absolute Gasteiger partial charge is 0.410 e. The van der Waals surface area contributed by atoms with E-state index >= 15 is 0 Å². The lowest BCUT2D eigenvalue weighted by molar-refractivity contribution is -0.123. The zero-order chi connectivity index (χ0) is 25.6. The summed E-state index contributed by atoms with van der Waals surface area (Å²) in [5.41, 5.74) is 1.31. The van der Waals surface area contributed by atoms with Crippen molar-refractivity contribution in [2.45, 2.75) is 78.0 Å². The Hall–Kier alpha value is -3.02. The Bertz CT molecular complexity index is 966. The molecular formula is C29H40N2O4. The molecule has 35 heavy (non-hydrogen) atoms. The van der Waals surface area contributed by atoms with E-state index in [2.05, 4.69) is 19.2 Å². The quantitative estimate of drug-likeness (QED) is 0.497. The topological polar surface area (TPSA) is 67.9 Å². The second kappa shape index (κ2) is 11.6. The van der Waals surface area contributed by atoms with Crippen LogP contribution in [0.3, 0.4) is 0 Å². The maximum Gasteiger partial charge on any atom is 0.410 e. The van der Waals surface area contributed by atoms with Crippen molar-refractivity contribution < 1.29 is 19.1 Å². The Balaban J connectivity index is 1.86. The number of hydrogen-bond donors (Lipinski definition) is 1. The molecule has 2 amide bonds. The average Bonchev–Trinajstić information content (AvgIpc) is 3.30. The number of benzene rings is 2. The minimum Gasteiger partial charge on any atom is -0.493 e. The summed E-state index contributed by atoms with van der Waals surface area (Å²) in [6.45, 7) is 13.0. The molecule has 0 spiro atoms. The second-order valence-electron chi connectivity index (χ2n) is 10.8. The van der Waals surface area contributed by atoms with Crippen LogP contribution in [-0.2, 0) is 9.53 Å². The van der Waals surface area contributed by atoms with E-state index in [0.29, 0.717) is 19.1 Å². The van der Waals surface area contributed by atoms with E-state index in [-0.39, 0.29) is 30.0 Å². The predicted molar refractivity (Wildman–Crippen MR) is 138 cm³/mol. The fourth-order valence-electron chi connectivity index (χ4n) is 4.29. The molecule has 6 nitrogen and oxygen atoms in total. The first-order valence-corrected chi connectivity index (χ1v) is 12.6. The Morgan fingerprint density at radius 2 is 1.66 bits per heavy atom. The van der Waals surface area contributed by atoms with Gasteiger partial charge in [0.25, 0.3) is 0 Å². The van der Waals surface area contributed by atoms with E-state index in [9.17, 15) is 9.59 Å². The third-order valence-corrected chi connectivity index (χ3v) is 6.13. The highest BCUT2D eigenvalue weighted by atomic mass is 16.6. The Labute approximate surface area is 210 Å². The summed E-state index contributed by atoms with van der Waals surface area (Å²) in [4.78, 5) is 28.2. The molecule has 190 valence electrons. The lowest BCUT2D eigenvalue weighted by atomic mass is 9.94. The zero-order valence-corrected chi connectivity index (χ0v) is 21.9.